The standard InChI is InChI=1S/C12H18N2.2ClH/c13-12-6-8-14(9-7-12)10-11-4-2-1-3-5-11;;/h1-5,12H,6-10,13H2;2*1H. The zero-order chi connectivity index (χ0) is 9.80. The van der Waals surface area contributed by atoms with Crippen LogP contribution < -0.4 is 5.73 Å². The molecule has 92 valence electrons. The molecule has 0 radical (unpaired) electrons. The molecule has 0 aliphatic carbocycles. The van der Waals surface area contributed by atoms with E-state index in [4.69, 9.17) is 5.73 Å². The van der Waals surface area contributed by atoms with Crippen LogP contribution in [0.1, 0.15) is 18.4 Å². The Hall–Kier alpha value is -0.280. The van der Waals surface area contributed by atoms with Gasteiger partial charge in [-0.3, -0.25) is 4.90 Å². The van der Waals surface area contributed by atoms with Crippen LogP contribution in [-0.2, 0) is 6.54 Å². The van der Waals surface area contributed by atoms with E-state index in [0.29, 0.717) is 6.04 Å². The number of likely N-dealkylation sites (tertiary alicyclic amines) is 1. The van der Waals surface area contributed by atoms with E-state index in [1.165, 1.54) is 5.56 Å². The second-order valence-corrected chi connectivity index (χ2v) is 4.10. The van der Waals surface area contributed by atoms with E-state index < -0.39 is 0 Å². The molecule has 1 aliphatic rings. The fraction of sp³-hybridized carbons (Fsp3) is 0.500. The maximum atomic E-state index is 5.86. The third kappa shape index (κ3) is 4.71. The van der Waals surface area contributed by atoms with Crippen molar-refractivity contribution in [3.05, 3.63) is 35.9 Å². The average Bonchev–Trinajstić information content (AvgIpc) is 2.23. The zero-order valence-electron chi connectivity index (χ0n) is 9.34. The molecule has 2 rings (SSSR count). The van der Waals surface area contributed by atoms with Crippen LogP contribution in [0.3, 0.4) is 0 Å². The van der Waals surface area contributed by atoms with Gasteiger partial charge in [-0.05, 0) is 31.5 Å². The van der Waals surface area contributed by atoms with Crippen LogP contribution >= 0.6 is 24.8 Å². The van der Waals surface area contributed by atoms with E-state index >= 15 is 0 Å². The molecule has 0 spiro atoms. The smallest absolute Gasteiger partial charge is 0.0233 e. The minimum absolute atomic E-state index is 0. The molecule has 0 bridgehead atoms. The average molecular weight is 263 g/mol. The van der Waals surface area contributed by atoms with Crippen molar-refractivity contribution < 1.29 is 0 Å². The summed E-state index contributed by atoms with van der Waals surface area (Å²) >= 11 is 0. The highest BCUT2D eigenvalue weighted by Gasteiger charge is 2.15. The number of rotatable bonds is 2. The molecule has 4 heteroatoms. The fourth-order valence-corrected chi connectivity index (χ4v) is 1.95. The van der Waals surface area contributed by atoms with Crippen molar-refractivity contribution >= 4 is 24.8 Å². The maximum absolute atomic E-state index is 5.86. The SMILES string of the molecule is Cl.Cl.NC1CCN(Cc2ccccc2)CC1. The van der Waals surface area contributed by atoms with Gasteiger partial charge >= 0.3 is 0 Å². The Bertz CT molecular complexity index is 272. The molecule has 2 nitrogen and oxygen atoms in total. The van der Waals surface area contributed by atoms with E-state index in [0.717, 1.165) is 32.5 Å². The van der Waals surface area contributed by atoms with E-state index in [-0.39, 0.29) is 24.8 Å². The van der Waals surface area contributed by atoms with Crippen LogP contribution in [0, 0.1) is 0 Å². The predicted octanol–water partition coefficient (Wildman–Crippen LogP) is 2.45. The van der Waals surface area contributed by atoms with E-state index in [1.807, 2.05) is 0 Å². The van der Waals surface area contributed by atoms with Crippen molar-refractivity contribution in [3.63, 3.8) is 0 Å². The van der Waals surface area contributed by atoms with Gasteiger partial charge in [-0.1, -0.05) is 30.3 Å². The van der Waals surface area contributed by atoms with Crippen LogP contribution in [0.25, 0.3) is 0 Å². The Kier molecular flexibility index (Phi) is 7.77. The summed E-state index contributed by atoms with van der Waals surface area (Å²) in [6.07, 6.45) is 2.29. The molecule has 1 aromatic rings. The number of halogens is 2. The van der Waals surface area contributed by atoms with Gasteiger partial charge < -0.3 is 5.73 Å². The summed E-state index contributed by atoms with van der Waals surface area (Å²) in [6.45, 7) is 3.37. The number of nitrogens with zero attached hydrogens (tertiary/aromatic N) is 1. The molecule has 0 saturated carbocycles. The summed E-state index contributed by atoms with van der Waals surface area (Å²) in [5.41, 5.74) is 7.27. The molecule has 2 N–H and O–H groups in total. The second kappa shape index (κ2) is 7.91. The molecule has 1 heterocycles. The molecule has 0 amide bonds. The molecule has 1 fully saturated rings. The topological polar surface area (TPSA) is 29.3 Å². The van der Waals surface area contributed by atoms with Crippen molar-refractivity contribution in [1.82, 2.24) is 4.90 Å². The summed E-state index contributed by atoms with van der Waals surface area (Å²) < 4.78 is 0. The number of nitrogens with two attached hydrogens (primary N) is 1. The number of hydrogen-bond acceptors (Lipinski definition) is 2. The third-order valence-corrected chi connectivity index (χ3v) is 2.88. The molecule has 1 aromatic carbocycles. The van der Waals surface area contributed by atoms with Crippen LogP contribution in [0.15, 0.2) is 30.3 Å². The molecule has 16 heavy (non-hydrogen) atoms. The monoisotopic (exact) mass is 262 g/mol. The Balaban J connectivity index is 0.00000112. The summed E-state index contributed by atoms with van der Waals surface area (Å²) in [6, 6.07) is 11.1. The van der Waals surface area contributed by atoms with Gasteiger partial charge in [0.05, 0.1) is 0 Å². The van der Waals surface area contributed by atoms with Crippen molar-refractivity contribution in [2.24, 2.45) is 5.73 Å². The second-order valence-electron chi connectivity index (χ2n) is 4.10. The zero-order valence-corrected chi connectivity index (χ0v) is 11.0. The van der Waals surface area contributed by atoms with Crippen LogP contribution in [0.4, 0.5) is 0 Å². The van der Waals surface area contributed by atoms with E-state index in [1.54, 1.807) is 0 Å². The first kappa shape index (κ1) is 15.7. The molecule has 0 unspecified atom stereocenters. The lowest BCUT2D eigenvalue weighted by molar-refractivity contribution is 0.205. The van der Waals surface area contributed by atoms with Gasteiger partial charge in [-0.15, -0.1) is 24.8 Å². The Morgan fingerprint density at radius 2 is 1.62 bits per heavy atom. The van der Waals surface area contributed by atoms with Gasteiger partial charge in [0.25, 0.3) is 0 Å². The first-order valence-electron chi connectivity index (χ1n) is 5.36. The van der Waals surface area contributed by atoms with Crippen molar-refractivity contribution in [1.29, 1.82) is 0 Å². The molecule has 1 aliphatic heterocycles. The van der Waals surface area contributed by atoms with Gasteiger partial charge in [0.1, 0.15) is 0 Å². The van der Waals surface area contributed by atoms with Crippen LogP contribution in [-0.4, -0.2) is 24.0 Å². The lowest BCUT2D eigenvalue weighted by Gasteiger charge is -2.29. The predicted molar refractivity (Wildman–Crippen MR) is 73.4 cm³/mol. The largest absolute Gasteiger partial charge is 0.328 e. The Morgan fingerprint density at radius 3 is 2.19 bits per heavy atom. The first-order chi connectivity index (χ1) is 6.84. The number of piperidine rings is 1. The fourth-order valence-electron chi connectivity index (χ4n) is 1.95. The molecular formula is C12H20Cl2N2. The van der Waals surface area contributed by atoms with Gasteiger partial charge in [0, 0.05) is 12.6 Å². The van der Waals surface area contributed by atoms with Gasteiger partial charge in [-0.2, -0.15) is 0 Å². The van der Waals surface area contributed by atoms with Crippen LogP contribution in [0.2, 0.25) is 0 Å². The quantitative estimate of drug-likeness (QED) is 0.888. The summed E-state index contributed by atoms with van der Waals surface area (Å²) in [5, 5.41) is 0. The Morgan fingerprint density at radius 1 is 1.06 bits per heavy atom. The van der Waals surface area contributed by atoms with Crippen LogP contribution in [0.5, 0.6) is 0 Å². The third-order valence-electron chi connectivity index (χ3n) is 2.88. The van der Waals surface area contributed by atoms with Gasteiger partial charge in [0.15, 0.2) is 0 Å². The minimum atomic E-state index is 0. The normalized spacial score (nSPS) is 17.3. The van der Waals surface area contributed by atoms with Crippen molar-refractivity contribution in [3.8, 4) is 0 Å². The lowest BCUT2D eigenvalue weighted by Crippen LogP contribution is -2.39. The Labute approximate surface area is 110 Å². The number of benzene rings is 1. The first-order valence-corrected chi connectivity index (χ1v) is 5.36. The van der Waals surface area contributed by atoms with E-state index in [2.05, 4.69) is 35.2 Å². The summed E-state index contributed by atoms with van der Waals surface area (Å²) in [7, 11) is 0. The number of hydrogen-bond donors (Lipinski definition) is 1. The molecular weight excluding hydrogens is 243 g/mol. The van der Waals surface area contributed by atoms with Gasteiger partial charge in [0.2, 0.25) is 0 Å². The highest BCUT2D eigenvalue weighted by Crippen LogP contribution is 2.11. The maximum Gasteiger partial charge on any atom is 0.0233 e. The minimum Gasteiger partial charge on any atom is -0.328 e. The lowest BCUT2D eigenvalue weighted by atomic mass is 10.1. The molecule has 0 aromatic heterocycles. The van der Waals surface area contributed by atoms with E-state index in [9.17, 15) is 0 Å². The summed E-state index contributed by atoms with van der Waals surface area (Å²) in [4.78, 5) is 2.48. The van der Waals surface area contributed by atoms with Gasteiger partial charge in [-0.25, -0.2) is 0 Å². The highest BCUT2D eigenvalue weighted by atomic mass is 35.5. The summed E-state index contributed by atoms with van der Waals surface area (Å²) in [5.74, 6) is 0. The van der Waals surface area contributed by atoms with Crippen molar-refractivity contribution in [2.45, 2.75) is 25.4 Å². The highest BCUT2D eigenvalue weighted by molar-refractivity contribution is 5.85. The molecule has 1 saturated heterocycles. The van der Waals surface area contributed by atoms with Crippen molar-refractivity contribution in [2.75, 3.05) is 13.1 Å². The molecule has 0 atom stereocenters.